The van der Waals surface area contributed by atoms with Gasteiger partial charge in [-0.2, -0.15) is 0 Å². The first-order valence-electron chi connectivity index (χ1n) is 9.16. The molecule has 5 N–H and O–H groups in total. The number of benzene rings is 2. The zero-order valence-corrected chi connectivity index (χ0v) is 15.1. The number of ether oxygens (including phenoxy) is 1. The molecule has 0 saturated carbocycles. The Hall–Kier alpha value is -2.42. The molecule has 1 fully saturated rings. The van der Waals surface area contributed by atoms with E-state index in [0.717, 1.165) is 16.5 Å². The zero-order chi connectivity index (χ0) is 19.8. The fourth-order valence-electron chi connectivity index (χ4n) is 3.79. The van der Waals surface area contributed by atoms with Crippen molar-refractivity contribution in [3.8, 4) is 5.75 Å². The van der Waals surface area contributed by atoms with Crippen LogP contribution in [0.5, 0.6) is 5.75 Å². The number of aromatic nitrogens is 1. The molecule has 1 saturated heterocycles. The van der Waals surface area contributed by atoms with Crippen molar-refractivity contribution in [3.63, 3.8) is 0 Å². The summed E-state index contributed by atoms with van der Waals surface area (Å²) in [5.74, 6) is 0.197. The molecule has 2 aromatic carbocycles. The number of aliphatic hydroxyl groups is 4. The minimum atomic E-state index is -1.42. The van der Waals surface area contributed by atoms with Gasteiger partial charge in [0.1, 0.15) is 36.3 Å². The van der Waals surface area contributed by atoms with Crippen molar-refractivity contribution in [1.82, 2.24) is 4.57 Å². The van der Waals surface area contributed by atoms with Crippen molar-refractivity contribution in [2.45, 2.75) is 37.1 Å². The van der Waals surface area contributed by atoms with Gasteiger partial charge in [-0.05, 0) is 23.8 Å². The zero-order valence-electron chi connectivity index (χ0n) is 15.1. The maximum atomic E-state index is 10.5. The normalized spacial score (nSPS) is 27.9. The number of fused-ring (bicyclic) bond motifs is 1. The SMILES string of the molecule is OC[C@H]1O[C@@H](c2cn(Cc3ccc(O)cc3)c3ccccc23)[C@H](O)[C@@H](O)[C@@H]1O. The lowest BCUT2D eigenvalue weighted by Gasteiger charge is -2.40. The van der Waals surface area contributed by atoms with Crippen LogP contribution in [0.25, 0.3) is 10.9 Å². The molecule has 1 aliphatic rings. The number of aromatic hydroxyl groups is 1. The molecule has 5 atom stereocenters. The molecule has 28 heavy (non-hydrogen) atoms. The van der Waals surface area contributed by atoms with Crippen molar-refractivity contribution >= 4 is 10.9 Å². The van der Waals surface area contributed by atoms with Crippen LogP contribution in [-0.2, 0) is 11.3 Å². The summed E-state index contributed by atoms with van der Waals surface area (Å²) in [4.78, 5) is 0. The Kier molecular flexibility index (Phi) is 5.09. The number of phenolic OH excluding ortho intramolecular Hbond substituents is 1. The summed E-state index contributed by atoms with van der Waals surface area (Å²) in [6.45, 7) is 0.0752. The first-order valence-corrected chi connectivity index (χ1v) is 9.16. The van der Waals surface area contributed by atoms with Gasteiger partial charge in [-0.1, -0.05) is 30.3 Å². The molecule has 0 bridgehead atoms. The smallest absolute Gasteiger partial charge is 0.115 e. The fraction of sp³-hybridized carbons (Fsp3) is 0.333. The summed E-state index contributed by atoms with van der Waals surface area (Å²) >= 11 is 0. The molecule has 0 aliphatic carbocycles. The second kappa shape index (κ2) is 7.54. The van der Waals surface area contributed by atoms with Gasteiger partial charge in [0.15, 0.2) is 0 Å². The van der Waals surface area contributed by atoms with E-state index in [0.29, 0.717) is 12.1 Å². The molecule has 3 aromatic rings. The standard InChI is InChI=1S/C21H23NO6/c23-11-17-18(25)19(26)20(27)21(28-17)15-10-22(16-4-2-1-3-14(15)16)9-12-5-7-13(24)8-6-12/h1-8,10,17-21,23-27H,9,11H2/t17-,18-,19+,20-,21+/m1/s1. The summed E-state index contributed by atoms with van der Waals surface area (Å²) in [5.41, 5.74) is 2.58. The van der Waals surface area contributed by atoms with Gasteiger partial charge in [0.05, 0.1) is 6.61 Å². The number of hydrogen-bond acceptors (Lipinski definition) is 6. The lowest BCUT2D eigenvalue weighted by Crippen LogP contribution is -2.55. The van der Waals surface area contributed by atoms with Crippen molar-refractivity contribution in [2.75, 3.05) is 6.61 Å². The Labute approximate surface area is 161 Å². The molecule has 7 heteroatoms. The van der Waals surface area contributed by atoms with Gasteiger partial charge in [0.25, 0.3) is 0 Å². The Morgan fingerprint density at radius 1 is 0.893 bits per heavy atom. The molecule has 0 spiro atoms. The van der Waals surface area contributed by atoms with Gasteiger partial charge in [-0.3, -0.25) is 0 Å². The minimum absolute atomic E-state index is 0.197. The molecular formula is C21H23NO6. The third kappa shape index (κ3) is 3.28. The topological polar surface area (TPSA) is 115 Å². The maximum Gasteiger partial charge on any atom is 0.115 e. The van der Waals surface area contributed by atoms with Crippen LogP contribution in [0.1, 0.15) is 17.2 Å². The quantitative estimate of drug-likeness (QED) is 0.456. The molecule has 2 heterocycles. The minimum Gasteiger partial charge on any atom is -0.508 e. The molecule has 4 rings (SSSR count). The highest BCUT2D eigenvalue weighted by atomic mass is 16.5. The van der Waals surface area contributed by atoms with E-state index in [2.05, 4.69) is 0 Å². The Morgan fingerprint density at radius 2 is 1.61 bits per heavy atom. The van der Waals surface area contributed by atoms with E-state index < -0.39 is 37.1 Å². The van der Waals surface area contributed by atoms with Gasteiger partial charge in [-0.15, -0.1) is 0 Å². The Balaban J connectivity index is 1.74. The highest BCUT2D eigenvalue weighted by Crippen LogP contribution is 2.37. The third-order valence-electron chi connectivity index (χ3n) is 5.31. The molecule has 148 valence electrons. The summed E-state index contributed by atoms with van der Waals surface area (Å²) in [7, 11) is 0. The number of hydrogen-bond donors (Lipinski definition) is 5. The van der Waals surface area contributed by atoms with E-state index in [1.807, 2.05) is 47.2 Å². The molecule has 0 amide bonds. The van der Waals surface area contributed by atoms with Crippen LogP contribution in [0, 0.1) is 0 Å². The first kappa shape index (κ1) is 18.9. The van der Waals surface area contributed by atoms with E-state index in [1.54, 1.807) is 12.1 Å². The first-order chi connectivity index (χ1) is 13.5. The fourth-order valence-corrected chi connectivity index (χ4v) is 3.79. The van der Waals surface area contributed by atoms with Crippen LogP contribution in [-0.4, -0.2) is 61.1 Å². The Morgan fingerprint density at radius 3 is 2.32 bits per heavy atom. The monoisotopic (exact) mass is 385 g/mol. The highest BCUT2D eigenvalue weighted by Gasteiger charge is 2.44. The van der Waals surface area contributed by atoms with E-state index in [9.17, 15) is 25.5 Å². The number of phenols is 1. The number of aliphatic hydroxyl groups excluding tert-OH is 4. The van der Waals surface area contributed by atoms with Crippen LogP contribution in [0.3, 0.4) is 0 Å². The van der Waals surface area contributed by atoms with Gasteiger partial charge < -0.3 is 34.8 Å². The van der Waals surface area contributed by atoms with Crippen LogP contribution in [0.4, 0.5) is 0 Å². The van der Waals surface area contributed by atoms with Crippen LogP contribution in [0.2, 0.25) is 0 Å². The maximum absolute atomic E-state index is 10.5. The molecular weight excluding hydrogens is 362 g/mol. The van der Waals surface area contributed by atoms with Gasteiger partial charge in [0, 0.05) is 29.2 Å². The number of para-hydroxylation sites is 1. The lowest BCUT2D eigenvalue weighted by atomic mass is 9.91. The lowest BCUT2D eigenvalue weighted by molar-refractivity contribution is -0.231. The summed E-state index contributed by atoms with van der Waals surface area (Å²) in [6, 6.07) is 14.5. The average molecular weight is 385 g/mol. The van der Waals surface area contributed by atoms with Crippen molar-refractivity contribution in [1.29, 1.82) is 0 Å². The van der Waals surface area contributed by atoms with Crippen LogP contribution < -0.4 is 0 Å². The average Bonchev–Trinajstić information content (AvgIpc) is 3.07. The van der Waals surface area contributed by atoms with Crippen LogP contribution >= 0.6 is 0 Å². The van der Waals surface area contributed by atoms with Crippen LogP contribution in [0.15, 0.2) is 54.7 Å². The second-order valence-corrected chi connectivity index (χ2v) is 7.15. The van der Waals surface area contributed by atoms with Crippen molar-refractivity contribution in [2.24, 2.45) is 0 Å². The largest absolute Gasteiger partial charge is 0.508 e. The summed E-state index contributed by atoms with van der Waals surface area (Å²) in [5, 5.41) is 50.5. The molecule has 7 nitrogen and oxygen atoms in total. The molecule has 1 aliphatic heterocycles. The van der Waals surface area contributed by atoms with Gasteiger partial charge >= 0.3 is 0 Å². The third-order valence-corrected chi connectivity index (χ3v) is 5.31. The predicted octanol–water partition coefficient (Wildman–Crippen LogP) is 0.910. The van der Waals surface area contributed by atoms with Gasteiger partial charge in [0.2, 0.25) is 0 Å². The van der Waals surface area contributed by atoms with E-state index >= 15 is 0 Å². The molecule has 1 aromatic heterocycles. The number of rotatable bonds is 4. The van der Waals surface area contributed by atoms with E-state index in [-0.39, 0.29) is 5.75 Å². The van der Waals surface area contributed by atoms with E-state index in [4.69, 9.17) is 4.74 Å². The highest BCUT2D eigenvalue weighted by molar-refractivity contribution is 5.84. The molecule has 0 radical (unpaired) electrons. The van der Waals surface area contributed by atoms with Crippen molar-refractivity contribution in [3.05, 3.63) is 65.9 Å². The van der Waals surface area contributed by atoms with Crippen molar-refractivity contribution < 1.29 is 30.3 Å². The Bertz CT molecular complexity index is 951. The molecule has 0 unspecified atom stereocenters. The van der Waals surface area contributed by atoms with Gasteiger partial charge in [-0.25, -0.2) is 0 Å². The summed E-state index contributed by atoms with van der Waals surface area (Å²) in [6.07, 6.45) is -4.13. The second-order valence-electron chi connectivity index (χ2n) is 7.15. The summed E-state index contributed by atoms with van der Waals surface area (Å²) < 4.78 is 7.75. The number of nitrogens with zero attached hydrogens (tertiary/aromatic N) is 1. The predicted molar refractivity (Wildman–Crippen MR) is 102 cm³/mol. The van der Waals surface area contributed by atoms with E-state index in [1.165, 1.54) is 0 Å².